The SMILES string of the molecule is CC[C@@H](C)NC(=O)NC(=O)C[NH+](C)Cc1ccc(C)cc1C. The predicted octanol–water partition coefficient (Wildman–Crippen LogP) is 0.942. The van der Waals surface area contributed by atoms with E-state index in [1.807, 2.05) is 20.9 Å². The zero-order valence-electron chi connectivity index (χ0n) is 14.2. The third kappa shape index (κ3) is 6.26. The van der Waals surface area contributed by atoms with Gasteiger partial charge in [-0.1, -0.05) is 30.7 Å². The molecule has 3 N–H and O–H groups in total. The Balaban J connectivity index is 2.45. The van der Waals surface area contributed by atoms with Crippen LogP contribution in [-0.4, -0.2) is 31.6 Å². The van der Waals surface area contributed by atoms with Gasteiger partial charge in [0.2, 0.25) is 0 Å². The summed E-state index contributed by atoms with van der Waals surface area (Å²) in [5, 5.41) is 5.09. The minimum Gasteiger partial charge on any atom is -0.335 e. The maximum atomic E-state index is 11.9. The van der Waals surface area contributed by atoms with Crippen LogP contribution in [0.15, 0.2) is 18.2 Å². The van der Waals surface area contributed by atoms with Crippen molar-refractivity contribution in [1.29, 1.82) is 0 Å². The summed E-state index contributed by atoms with van der Waals surface area (Å²) in [6, 6.07) is 5.96. The fraction of sp³-hybridized carbons (Fsp3) is 0.529. The number of quaternary nitrogens is 1. The summed E-state index contributed by atoms with van der Waals surface area (Å²) in [6.07, 6.45) is 0.833. The first kappa shape index (κ1) is 18.2. The number of carbonyl (C=O) groups excluding carboxylic acids is 2. The van der Waals surface area contributed by atoms with Crippen LogP contribution in [0.2, 0.25) is 0 Å². The summed E-state index contributed by atoms with van der Waals surface area (Å²) in [4.78, 5) is 24.5. The Morgan fingerprint density at radius 3 is 2.55 bits per heavy atom. The number of hydrogen-bond donors (Lipinski definition) is 3. The Kier molecular flexibility index (Phi) is 7.05. The summed E-state index contributed by atoms with van der Waals surface area (Å²) in [7, 11) is 1.95. The molecule has 22 heavy (non-hydrogen) atoms. The molecule has 0 aromatic heterocycles. The molecule has 0 radical (unpaired) electrons. The predicted molar refractivity (Wildman–Crippen MR) is 87.8 cm³/mol. The molecule has 3 amide bonds. The van der Waals surface area contributed by atoms with Gasteiger partial charge in [0.05, 0.1) is 7.05 Å². The number of amides is 3. The van der Waals surface area contributed by atoms with Gasteiger partial charge in [-0.05, 0) is 32.8 Å². The number of imide groups is 1. The van der Waals surface area contributed by atoms with Crippen molar-refractivity contribution in [3.8, 4) is 0 Å². The van der Waals surface area contributed by atoms with Crippen molar-refractivity contribution in [2.45, 2.75) is 46.7 Å². The van der Waals surface area contributed by atoms with E-state index >= 15 is 0 Å². The second-order valence-corrected chi connectivity index (χ2v) is 6.07. The van der Waals surface area contributed by atoms with Crippen molar-refractivity contribution in [3.05, 3.63) is 34.9 Å². The van der Waals surface area contributed by atoms with Gasteiger partial charge in [-0.15, -0.1) is 0 Å². The fourth-order valence-corrected chi connectivity index (χ4v) is 2.24. The van der Waals surface area contributed by atoms with E-state index in [1.54, 1.807) is 0 Å². The van der Waals surface area contributed by atoms with Crippen LogP contribution < -0.4 is 15.5 Å². The molecule has 0 fully saturated rings. The Bertz CT molecular complexity index is 529. The lowest BCUT2D eigenvalue weighted by molar-refractivity contribution is -0.885. The summed E-state index contributed by atoms with van der Waals surface area (Å²) in [6.45, 7) is 9.05. The Hall–Kier alpha value is -1.88. The molecule has 0 spiro atoms. The van der Waals surface area contributed by atoms with Crippen molar-refractivity contribution < 1.29 is 14.5 Å². The van der Waals surface area contributed by atoms with Gasteiger partial charge in [-0.2, -0.15) is 0 Å². The molecule has 1 aromatic rings. The van der Waals surface area contributed by atoms with Gasteiger partial charge < -0.3 is 10.2 Å². The molecule has 0 saturated carbocycles. The molecule has 0 aliphatic rings. The quantitative estimate of drug-likeness (QED) is 0.732. The number of hydrogen-bond acceptors (Lipinski definition) is 2. The maximum Gasteiger partial charge on any atom is 0.321 e. The third-order valence-electron chi connectivity index (χ3n) is 3.70. The molecular weight excluding hydrogens is 278 g/mol. The monoisotopic (exact) mass is 306 g/mol. The van der Waals surface area contributed by atoms with Crippen molar-refractivity contribution in [2.24, 2.45) is 0 Å². The van der Waals surface area contributed by atoms with E-state index in [2.05, 4.69) is 42.7 Å². The van der Waals surface area contributed by atoms with E-state index in [0.717, 1.165) is 17.9 Å². The van der Waals surface area contributed by atoms with Crippen LogP contribution in [-0.2, 0) is 11.3 Å². The Labute approximate surface area is 133 Å². The standard InChI is InChI=1S/C17H27N3O2/c1-6-14(4)18-17(22)19-16(21)11-20(5)10-15-8-7-12(2)9-13(15)3/h7-9,14H,6,10-11H2,1-5H3,(H2,18,19,21,22)/p+1/t14-/m1/s1. The molecular formula is C17H28N3O2+. The first-order chi connectivity index (χ1) is 10.3. The molecule has 1 aromatic carbocycles. The molecule has 1 rings (SSSR count). The van der Waals surface area contributed by atoms with Crippen molar-refractivity contribution in [3.63, 3.8) is 0 Å². The highest BCUT2D eigenvalue weighted by Crippen LogP contribution is 2.08. The number of nitrogens with one attached hydrogen (secondary N) is 3. The van der Waals surface area contributed by atoms with E-state index < -0.39 is 6.03 Å². The van der Waals surface area contributed by atoms with Crippen molar-refractivity contribution >= 4 is 11.9 Å². The van der Waals surface area contributed by atoms with E-state index in [4.69, 9.17) is 0 Å². The van der Waals surface area contributed by atoms with Crippen LogP contribution in [0.5, 0.6) is 0 Å². The molecule has 1 unspecified atom stereocenters. The fourth-order valence-electron chi connectivity index (χ4n) is 2.24. The van der Waals surface area contributed by atoms with Gasteiger partial charge >= 0.3 is 6.03 Å². The van der Waals surface area contributed by atoms with Gasteiger partial charge in [0.15, 0.2) is 6.54 Å². The van der Waals surface area contributed by atoms with E-state index in [1.165, 1.54) is 16.7 Å². The van der Waals surface area contributed by atoms with Gasteiger partial charge in [0.25, 0.3) is 5.91 Å². The molecule has 122 valence electrons. The highest BCUT2D eigenvalue weighted by molar-refractivity contribution is 5.94. The van der Waals surface area contributed by atoms with E-state index in [9.17, 15) is 9.59 Å². The Morgan fingerprint density at radius 1 is 1.27 bits per heavy atom. The van der Waals surface area contributed by atoms with Gasteiger partial charge in [0.1, 0.15) is 6.54 Å². The van der Waals surface area contributed by atoms with Crippen LogP contribution in [0.1, 0.15) is 37.0 Å². The number of rotatable bonds is 6. The highest BCUT2D eigenvalue weighted by atomic mass is 16.2. The molecule has 5 heteroatoms. The average molecular weight is 306 g/mol. The zero-order chi connectivity index (χ0) is 16.7. The summed E-state index contributed by atoms with van der Waals surface area (Å²) in [5.74, 6) is -0.261. The normalized spacial score (nSPS) is 13.3. The van der Waals surface area contributed by atoms with Crippen LogP contribution in [0.25, 0.3) is 0 Å². The lowest BCUT2D eigenvalue weighted by Gasteiger charge is -2.16. The number of benzene rings is 1. The second kappa shape index (κ2) is 8.54. The number of aryl methyl sites for hydroxylation is 2. The molecule has 0 aliphatic heterocycles. The topological polar surface area (TPSA) is 62.6 Å². The van der Waals surface area contributed by atoms with E-state index in [-0.39, 0.29) is 18.5 Å². The first-order valence-corrected chi connectivity index (χ1v) is 7.79. The largest absolute Gasteiger partial charge is 0.335 e. The van der Waals surface area contributed by atoms with Crippen LogP contribution in [0, 0.1) is 13.8 Å². The molecule has 0 heterocycles. The highest BCUT2D eigenvalue weighted by Gasteiger charge is 2.15. The van der Waals surface area contributed by atoms with Crippen LogP contribution in [0.3, 0.4) is 0 Å². The molecule has 5 nitrogen and oxygen atoms in total. The van der Waals surface area contributed by atoms with E-state index in [0.29, 0.717) is 0 Å². The minimum absolute atomic E-state index is 0.0630. The summed E-state index contributed by atoms with van der Waals surface area (Å²) >= 11 is 0. The van der Waals surface area contributed by atoms with Crippen LogP contribution >= 0.6 is 0 Å². The molecule has 0 bridgehead atoms. The maximum absolute atomic E-state index is 11.9. The number of carbonyl (C=O) groups is 2. The van der Waals surface area contributed by atoms with Gasteiger partial charge in [0, 0.05) is 11.6 Å². The van der Waals surface area contributed by atoms with Crippen LogP contribution in [0.4, 0.5) is 4.79 Å². The summed E-state index contributed by atoms with van der Waals surface area (Å²) < 4.78 is 0. The van der Waals surface area contributed by atoms with Gasteiger partial charge in [-0.3, -0.25) is 10.1 Å². The average Bonchev–Trinajstić information content (AvgIpc) is 2.41. The summed E-state index contributed by atoms with van der Waals surface area (Å²) in [5.41, 5.74) is 3.69. The Morgan fingerprint density at radius 2 is 1.95 bits per heavy atom. The minimum atomic E-state index is -0.418. The van der Waals surface area contributed by atoms with Gasteiger partial charge in [-0.25, -0.2) is 4.79 Å². The lowest BCUT2D eigenvalue weighted by Crippen LogP contribution is -3.09. The second-order valence-electron chi connectivity index (χ2n) is 6.07. The first-order valence-electron chi connectivity index (χ1n) is 7.79. The molecule has 0 saturated heterocycles. The zero-order valence-corrected chi connectivity index (χ0v) is 14.2. The number of likely N-dealkylation sites (N-methyl/N-ethyl adjacent to an activating group) is 1. The van der Waals surface area contributed by atoms with Crippen molar-refractivity contribution in [2.75, 3.05) is 13.6 Å². The number of urea groups is 1. The molecule has 2 atom stereocenters. The lowest BCUT2D eigenvalue weighted by atomic mass is 10.1. The molecule has 0 aliphatic carbocycles. The smallest absolute Gasteiger partial charge is 0.321 e. The van der Waals surface area contributed by atoms with Crippen molar-refractivity contribution in [1.82, 2.24) is 10.6 Å². The third-order valence-corrected chi connectivity index (χ3v) is 3.70.